The first kappa shape index (κ1) is 7.35. The quantitative estimate of drug-likeness (QED) is 0.547. The lowest BCUT2D eigenvalue weighted by molar-refractivity contribution is -0.0185. The lowest BCUT2D eigenvalue weighted by atomic mass is 9.79. The van der Waals surface area contributed by atoms with Crippen LogP contribution < -0.4 is 0 Å². The van der Waals surface area contributed by atoms with Crippen molar-refractivity contribution in [2.24, 2.45) is 0 Å². The molecule has 2 heterocycles. The molecule has 1 heteroatoms. The van der Waals surface area contributed by atoms with Crippen molar-refractivity contribution < 1.29 is 0 Å². The summed E-state index contributed by atoms with van der Waals surface area (Å²) >= 11 is 0. The van der Waals surface area contributed by atoms with Gasteiger partial charge in [-0.3, -0.25) is 4.90 Å². The van der Waals surface area contributed by atoms with E-state index in [9.17, 15) is 0 Å². The van der Waals surface area contributed by atoms with Gasteiger partial charge in [0.25, 0.3) is 0 Å². The second-order valence-electron chi connectivity index (χ2n) is 4.10. The third-order valence-electron chi connectivity index (χ3n) is 3.01. The summed E-state index contributed by atoms with van der Waals surface area (Å²) in [4.78, 5) is 2.63. The molecule has 2 saturated heterocycles. The molecule has 0 aromatic rings. The van der Waals surface area contributed by atoms with Crippen molar-refractivity contribution in [3.8, 4) is 0 Å². The lowest BCUT2D eigenvalue weighted by Crippen LogP contribution is -2.58. The van der Waals surface area contributed by atoms with E-state index in [2.05, 4.69) is 18.4 Å². The molecule has 0 amide bonds. The van der Waals surface area contributed by atoms with Gasteiger partial charge in [-0.1, -0.05) is 18.6 Å². The van der Waals surface area contributed by atoms with Gasteiger partial charge in [0.15, 0.2) is 0 Å². The van der Waals surface area contributed by atoms with Crippen molar-refractivity contribution in [3.05, 3.63) is 12.2 Å². The minimum Gasteiger partial charge on any atom is -0.293 e. The van der Waals surface area contributed by atoms with Crippen molar-refractivity contribution in [3.63, 3.8) is 0 Å². The monoisotopic (exact) mass is 151 g/mol. The zero-order valence-electron chi connectivity index (χ0n) is 7.34. The summed E-state index contributed by atoms with van der Waals surface area (Å²) in [6.45, 7) is 7.24. The minimum absolute atomic E-state index is 0.922. The average molecular weight is 151 g/mol. The van der Waals surface area contributed by atoms with E-state index >= 15 is 0 Å². The Morgan fingerprint density at radius 1 is 1.45 bits per heavy atom. The van der Waals surface area contributed by atoms with E-state index in [4.69, 9.17) is 0 Å². The van der Waals surface area contributed by atoms with Crippen LogP contribution in [0.15, 0.2) is 12.2 Å². The van der Waals surface area contributed by atoms with E-state index in [-0.39, 0.29) is 0 Å². The Balaban J connectivity index is 1.91. The molecule has 0 N–H and O–H groups in total. The zero-order chi connectivity index (χ0) is 7.84. The van der Waals surface area contributed by atoms with Crippen LogP contribution in [0.3, 0.4) is 0 Å². The Bertz CT molecular complexity index is 160. The molecule has 0 aromatic carbocycles. The molecule has 1 nitrogen and oxygen atoms in total. The van der Waals surface area contributed by atoms with Gasteiger partial charge < -0.3 is 0 Å². The van der Waals surface area contributed by atoms with Gasteiger partial charge in [0.1, 0.15) is 0 Å². The van der Waals surface area contributed by atoms with E-state index < -0.39 is 0 Å². The summed E-state index contributed by atoms with van der Waals surface area (Å²) in [7, 11) is 0. The summed E-state index contributed by atoms with van der Waals surface area (Å²) in [6, 6.07) is 1.84. The fourth-order valence-electron chi connectivity index (χ4n) is 2.47. The van der Waals surface area contributed by atoms with Gasteiger partial charge >= 0.3 is 0 Å². The molecule has 2 aliphatic heterocycles. The van der Waals surface area contributed by atoms with Crippen LogP contribution in [0.2, 0.25) is 0 Å². The van der Waals surface area contributed by atoms with Gasteiger partial charge in [-0.2, -0.15) is 0 Å². The first-order valence-electron chi connectivity index (χ1n) is 4.67. The Morgan fingerprint density at radius 3 is 2.55 bits per heavy atom. The highest BCUT2D eigenvalue weighted by Crippen LogP contribution is 2.38. The number of hydrogen-bond acceptors (Lipinski definition) is 1. The fourth-order valence-corrected chi connectivity index (χ4v) is 2.47. The smallest absolute Gasteiger partial charge is 0.0193 e. The first-order chi connectivity index (χ1) is 5.27. The van der Waals surface area contributed by atoms with Crippen LogP contribution in [0.4, 0.5) is 0 Å². The zero-order valence-corrected chi connectivity index (χ0v) is 7.34. The molecular weight excluding hydrogens is 134 g/mol. The summed E-state index contributed by atoms with van der Waals surface area (Å²) < 4.78 is 0. The van der Waals surface area contributed by atoms with Gasteiger partial charge in [0, 0.05) is 18.6 Å². The first-order valence-corrected chi connectivity index (χ1v) is 4.67. The molecule has 3 aliphatic rings. The van der Waals surface area contributed by atoms with Crippen LogP contribution in [0.1, 0.15) is 32.6 Å². The molecule has 2 bridgehead atoms. The molecule has 0 aromatic heterocycles. The standard InChI is InChI=1S/C10H17N/c1-8(2)7-11-9-4-3-5-10(11)6-9/h9-10H,1,3-7H2,2H3. The molecule has 3 fully saturated rings. The molecule has 2 atom stereocenters. The average Bonchev–Trinajstić information content (AvgIpc) is 2.01. The third kappa shape index (κ3) is 1.22. The Hall–Kier alpha value is -0.300. The molecule has 0 spiro atoms. The van der Waals surface area contributed by atoms with Crippen LogP contribution in [-0.2, 0) is 0 Å². The summed E-state index contributed by atoms with van der Waals surface area (Å²) in [5, 5.41) is 0. The predicted molar refractivity (Wildman–Crippen MR) is 47.6 cm³/mol. The fraction of sp³-hybridized carbons (Fsp3) is 0.800. The topological polar surface area (TPSA) is 3.24 Å². The van der Waals surface area contributed by atoms with Crippen LogP contribution in [0, 0.1) is 0 Å². The van der Waals surface area contributed by atoms with Crippen LogP contribution >= 0.6 is 0 Å². The normalized spacial score (nSPS) is 36.5. The van der Waals surface area contributed by atoms with E-state index in [0.29, 0.717) is 0 Å². The predicted octanol–water partition coefficient (Wildman–Crippen LogP) is 2.19. The maximum atomic E-state index is 3.96. The number of hydrogen-bond donors (Lipinski definition) is 0. The van der Waals surface area contributed by atoms with Crippen molar-refractivity contribution in [2.45, 2.75) is 44.7 Å². The molecule has 0 radical (unpaired) electrons. The largest absolute Gasteiger partial charge is 0.293 e. The Kier molecular flexibility index (Phi) is 1.76. The van der Waals surface area contributed by atoms with E-state index in [1.807, 2.05) is 0 Å². The van der Waals surface area contributed by atoms with Crippen molar-refractivity contribution >= 4 is 0 Å². The van der Waals surface area contributed by atoms with E-state index in [0.717, 1.165) is 18.6 Å². The number of rotatable bonds is 2. The van der Waals surface area contributed by atoms with Gasteiger partial charge in [0.05, 0.1) is 0 Å². The summed E-state index contributed by atoms with van der Waals surface area (Å²) in [5.74, 6) is 0. The lowest BCUT2D eigenvalue weighted by Gasteiger charge is -2.53. The number of fused-ring (bicyclic) bond motifs is 2. The van der Waals surface area contributed by atoms with E-state index in [1.165, 1.54) is 31.3 Å². The molecule has 3 rings (SSSR count). The van der Waals surface area contributed by atoms with E-state index in [1.54, 1.807) is 0 Å². The highest BCUT2D eigenvalue weighted by molar-refractivity contribution is 5.03. The van der Waals surface area contributed by atoms with Gasteiger partial charge in [-0.15, -0.1) is 0 Å². The minimum atomic E-state index is 0.922. The molecule has 11 heavy (non-hydrogen) atoms. The summed E-state index contributed by atoms with van der Waals surface area (Å²) in [5.41, 5.74) is 1.32. The molecule has 1 saturated carbocycles. The van der Waals surface area contributed by atoms with Gasteiger partial charge in [-0.05, 0) is 26.2 Å². The highest BCUT2D eigenvalue weighted by atomic mass is 15.3. The third-order valence-corrected chi connectivity index (χ3v) is 3.01. The summed E-state index contributed by atoms with van der Waals surface area (Å²) in [6.07, 6.45) is 5.79. The maximum absolute atomic E-state index is 3.96. The number of piperidine rings is 1. The Labute approximate surface area is 69.1 Å². The van der Waals surface area contributed by atoms with Gasteiger partial charge in [0.2, 0.25) is 0 Å². The highest BCUT2D eigenvalue weighted by Gasteiger charge is 2.40. The SMILES string of the molecule is C=C(C)CN1C2CCCC1C2. The maximum Gasteiger partial charge on any atom is 0.0193 e. The molecular formula is C10H17N. The van der Waals surface area contributed by atoms with Crippen molar-refractivity contribution in [1.82, 2.24) is 4.90 Å². The van der Waals surface area contributed by atoms with Crippen molar-refractivity contribution in [2.75, 3.05) is 6.54 Å². The van der Waals surface area contributed by atoms with Crippen molar-refractivity contribution in [1.29, 1.82) is 0 Å². The second-order valence-corrected chi connectivity index (χ2v) is 4.10. The van der Waals surface area contributed by atoms with Crippen LogP contribution in [0.5, 0.6) is 0 Å². The van der Waals surface area contributed by atoms with Gasteiger partial charge in [-0.25, -0.2) is 0 Å². The molecule has 62 valence electrons. The number of nitrogens with zero attached hydrogens (tertiary/aromatic N) is 1. The van der Waals surface area contributed by atoms with Crippen LogP contribution in [-0.4, -0.2) is 23.5 Å². The molecule has 1 aliphatic carbocycles. The Morgan fingerprint density at radius 2 is 2.09 bits per heavy atom. The second kappa shape index (κ2) is 2.63. The van der Waals surface area contributed by atoms with Crippen LogP contribution in [0.25, 0.3) is 0 Å². The molecule has 2 unspecified atom stereocenters.